The number of aromatic nitrogens is 1. The van der Waals surface area contributed by atoms with E-state index in [-0.39, 0.29) is 10.8 Å². The summed E-state index contributed by atoms with van der Waals surface area (Å²) in [5.41, 5.74) is 3.14. The summed E-state index contributed by atoms with van der Waals surface area (Å²) in [7, 11) is -0.678. The Morgan fingerprint density at radius 2 is 1.85 bits per heavy atom. The van der Waals surface area contributed by atoms with Crippen LogP contribution in [0.2, 0.25) is 0 Å². The number of piperidine rings is 1. The maximum Gasteiger partial charge on any atom is 0.262 e. The number of anilines is 2. The second-order valence-electron chi connectivity index (χ2n) is 8.48. The molecule has 0 aliphatic carbocycles. The zero-order chi connectivity index (χ0) is 23.8. The highest BCUT2D eigenvalue weighted by Crippen LogP contribution is 2.34. The second kappa shape index (κ2) is 9.40. The molecule has 0 radical (unpaired) electrons. The van der Waals surface area contributed by atoms with E-state index in [0.29, 0.717) is 17.2 Å². The number of fused-ring (bicyclic) bond motifs is 1. The summed E-state index contributed by atoms with van der Waals surface area (Å²) in [5.74, 6) is -0.231. The lowest BCUT2D eigenvalue weighted by Crippen LogP contribution is -2.35. The van der Waals surface area contributed by atoms with Gasteiger partial charge in [0.1, 0.15) is 0 Å². The summed E-state index contributed by atoms with van der Waals surface area (Å²) in [6.45, 7) is 6.06. The highest BCUT2D eigenvalue weighted by atomic mass is 32.2. The van der Waals surface area contributed by atoms with Gasteiger partial charge in [-0.3, -0.25) is 9.69 Å². The van der Waals surface area contributed by atoms with Gasteiger partial charge < -0.3 is 4.90 Å². The summed E-state index contributed by atoms with van der Waals surface area (Å²) in [6.07, 6.45) is 3.28. The van der Waals surface area contributed by atoms with Gasteiger partial charge >= 0.3 is 0 Å². The summed E-state index contributed by atoms with van der Waals surface area (Å²) < 4.78 is 27.9. The monoisotopic (exact) mass is 486 g/mol. The molecule has 9 heteroatoms. The van der Waals surface area contributed by atoms with E-state index in [1.54, 1.807) is 17.0 Å². The fourth-order valence-corrected chi connectivity index (χ4v) is 6.20. The zero-order valence-corrected chi connectivity index (χ0v) is 21.2. The van der Waals surface area contributed by atoms with Crippen LogP contribution < -0.4 is 9.80 Å². The molecular weight excluding hydrogens is 456 g/mol. The van der Waals surface area contributed by atoms with Crippen LogP contribution in [0.25, 0.3) is 10.2 Å². The number of carbonyl (C=O) groups is 1. The Bertz CT molecular complexity index is 1280. The van der Waals surface area contributed by atoms with Crippen LogP contribution in [0, 0.1) is 6.92 Å². The first kappa shape index (κ1) is 23.7. The Labute approximate surface area is 199 Å². The largest absolute Gasteiger partial charge is 0.371 e. The van der Waals surface area contributed by atoms with E-state index in [1.807, 2.05) is 32.0 Å². The molecule has 4 rings (SSSR count). The molecule has 0 saturated carbocycles. The smallest absolute Gasteiger partial charge is 0.262 e. The van der Waals surface area contributed by atoms with Crippen molar-refractivity contribution in [2.45, 2.75) is 38.0 Å². The standard InChI is InChI=1S/C24H30N4O3S2/c1-5-28(24-25-22-17(2)10-9-11-21(22)32-24)23(29)19-16-18(33(30,31)26(3)4)12-13-20(19)27-14-7-6-8-15-27/h9-13,16H,5-8,14-15H2,1-4H3. The minimum atomic E-state index is -3.67. The number of para-hydroxylation sites is 1. The lowest BCUT2D eigenvalue weighted by Gasteiger charge is -2.31. The molecule has 2 heterocycles. The predicted octanol–water partition coefficient (Wildman–Crippen LogP) is 4.51. The van der Waals surface area contributed by atoms with Crippen molar-refractivity contribution in [3.63, 3.8) is 0 Å². The van der Waals surface area contributed by atoms with Gasteiger partial charge in [-0.15, -0.1) is 0 Å². The number of thiazole rings is 1. The van der Waals surface area contributed by atoms with E-state index in [2.05, 4.69) is 4.90 Å². The minimum Gasteiger partial charge on any atom is -0.371 e. The van der Waals surface area contributed by atoms with Crippen molar-refractivity contribution in [1.82, 2.24) is 9.29 Å². The first-order valence-corrected chi connectivity index (χ1v) is 13.5. The van der Waals surface area contributed by atoms with Gasteiger partial charge in [0.15, 0.2) is 5.13 Å². The summed E-state index contributed by atoms with van der Waals surface area (Å²) in [5, 5.41) is 0.622. The summed E-state index contributed by atoms with van der Waals surface area (Å²) >= 11 is 1.48. The highest BCUT2D eigenvalue weighted by molar-refractivity contribution is 7.89. The van der Waals surface area contributed by atoms with Gasteiger partial charge in [0.2, 0.25) is 10.0 Å². The molecule has 1 aliphatic heterocycles. The molecule has 1 aliphatic rings. The lowest BCUT2D eigenvalue weighted by atomic mass is 10.1. The number of benzene rings is 2. The Balaban J connectivity index is 1.82. The molecule has 1 aromatic heterocycles. The first-order chi connectivity index (χ1) is 15.7. The van der Waals surface area contributed by atoms with Crippen molar-refractivity contribution in [3.05, 3.63) is 47.5 Å². The number of rotatable bonds is 6. The number of sulfonamides is 1. The number of amides is 1. The first-order valence-electron chi connectivity index (χ1n) is 11.2. The Morgan fingerprint density at radius 3 is 2.48 bits per heavy atom. The van der Waals surface area contributed by atoms with Crippen LogP contribution in [0.3, 0.4) is 0 Å². The Kier molecular flexibility index (Phi) is 6.74. The molecule has 2 aromatic carbocycles. The Morgan fingerprint density at radius 1 is 1.12 bits per heavy atom. The molecule has 3 aromatic rings. The highest BCUT2D eigenvalue weighted by Gasteiger charge is 2.28. The van der Waals surface area contributed by atoms with Crippen molar-refractivity contribution in [2.75, 3.05) is 43.5 Å². The fraction of sp³-hybridized carbons (Fsp3) is 0.417. The third kappa shape index (κ3) is 4.49. The van der Waals surface area contributed by atoms with Gasteiger partial charge in [-0.25, -0.2) is 17.7 Å². The van der Waals surface area contributed by atoms with Crippen molar-refractivity contribution in [1.29, 1.82) is 0 Å². The predicted molar refractivity (Wildman–Crippen MR) is 135 cm³/mol. The van der Waals surface area contributed by atoms with Crippen LogP contribution in [0.15, 0.2) is 41.3 Å². The van der Waals surface area contributed by atoms with Crippen LogP contribution in [0.1, 0.15) is 42.1 Å². The number of carbonyl (C=O) groups excluding carboxylic acids is 1. The molecule has 0 unspecified atom stereocenters. The third-order valence-corrected chi connectivity index (χ3v) is 8.93. The average molecular weight is 487 g/mol. The van der Waals surface area contributed by atoms with Gasteiger partial charge in [-0.2, -0.15) is 0 Å². The summed E-state index contributed by atoms with van der Waals surface area (Å²) in [4.78, 5) is 22.6. The van der Waals surface area contributed by atoms with Crippen LogP contribution in [-0.2, 0) is 10.0 Å². The molecule has 1 fully saturated rings. The van der Waals surface area contributed by atoms with Gasteiger partial charge in [0, 0.05) is 39.4 Å². The molecule has 7 nitrogen and oxygen atoms in total. The fourth-order valence-electron chi connectivity index (χ4n) is 4.17. The molecule has 1 saturated heterocycles. The molecule has 0 bridgehead atoms. The molecular formula is C24H30N4O3S2. The van der Waals surface area contributed by atoms with E-state index in [9.17, 15) is 13.2 Å². The van der Waals surface area contributed by atoms with Crippen LogP contribution in [-0.4, -0.2) is 57.3 Å². The van der Waals surface area contributed by atoms with Gasteiger partial charge in [0.05, 0.1) is 20.7 Å². The molecule has 1 amide bonds. The maximum absolute atomic E-state index is 13.9. The third-order valence-electron chi connectivity index (χ3n) is 6.08. The lowest BCUT2D eigenvalue weighted by molar-refractivity contribution is 0.0988. The van der Waals surface area contributed by atoms with Gasteiger partial charge in [-0.1, -0.05) is 23.5 Å². The zero-order valence-electron chi connectivity index (χ0n) is 19.5. The van der Waals surface area contributed by atoms with Crippen molar-refractivity contribution < 1.29 is 13.2 Å². The van der Waals surface area contributed by atoms with E-state index in [4.69, 9.17) is 4.98 Å². The normalized spacial score (nSPS) is 14.8. The van der Waals surface area contributed by atoms with Crippen LogP contribution >= 0.6 is 11.3 Å². The van der Waals surface area contributed by atoms with Gasteiger partial charge in [-0.05, 0) is 62.9 Å². The van der Waals surface area contributed by atoms with E-state index in [1.165, 1.54) is 42.2 Å². The van der Waals surface area contributed by atoms with E-state index >= 15 is 0 Å². The number of hydrogen-bond acceptors (Lipinski definition) is 6. The van der Waals surface area contributed by atoms with Crippen molar-refractivity contribution in [3.8, 4) is 0 Å². The average Bonchev–Trinajstić information content (AvgIpc) is 3.25. The quantitative estimate of drug-likeness (QED) is 0.512. The maximum atomic E-state index is 13.9. The molecule has 0 spiro atoms. The number of nitrogens with zero attached hydrogens (tertiary/aromatic N) is 4. The molecule has 0 N–H and O–H groups in total. The molecule has 33 heavy (non-hydrogen) atoms. The van der Waals surface area contributed by atoms with Crippen molar-refractivity contribution >= 4 is 48.3 Å². The van der Waals surface area contributed by atoms with Crippen LogP contribution in [0.4, 0.5) is 10.8 Å². The van der Waals surface area contributed by atoms with Gasteiger partial charge in [0.25, 0.3) is 5.91 Å². The van der Waals surface area contributed by atoms with Crippen LogP contribution in [0.5, 0.6) is 0 Å². The molecule has 176 valence electrons. The second-order valence-corrected chi connectivity index (χ2v) is 11.6. The minimum absolute atomic E-state index is 0.118. The topological polar surface area (TPSA) is 73.8 Å². The van der Waals surface area contributed by atoms with E-state index < -0.39 is 10.0 Å². The molecule has 0 atom stereocenters. The Hall–Kier alpha value is -2.49. The van der Waals surface area contributed by atoms with E-state index in [0.717, 1.165) is 47.4 Å². The number of aryl methyl sites for hydroxylation is 1. The number of hydrogen-bond donors (Lipinski definition) is 0. The summed E-state index contributed by atoms with van der Waals surface area (Å²) in [6, 6.07) is 10.9. The SMILES string of the molecule is CCN(C(=O)c1cc(S(=O)(=O)N(C)C)ccc1N1CCCCC1)c1nc2c(C)cccc2s1. The van der Waals surface area contributed by atoms with Crippen molar-refractivity contribution in [2.24, 2.45) is 0 Å².